The zero-order valence-electron chi connectivity index (χ0n) is 14.2. The van der Waals surface area contributed by atoms with Crippen LogP contribution in [-0.2, 0) is 16.0 Å². The summed E-state index contributed by atoms with van der Waals surface area (Å²) >= 11 is 7.22. The average Bonchev–Trinajstić information content (AvgIpc) is 2.91. The van der Waals surface area contributed by atoms with Crippen LogP contribution in [-0.4, -0.2) is 18.0 Å². The van der Waals surface area contributed by atoms with E-state index in [9.17, 15) is 14.0 Å². The fourth-order valence-electron chi connectivity index (χ4n) is 2.24. The Labute approximate surface area is 155 Å². The molecule has 0 aliphatic carbocycles. The summed E-state index contributed by atoms with van der Waals surface area (Å²) in [6.07, 6.45) is 0.878. The first-order valence-corrected chi connectivity index (χ1v) is 9.07. The van der Waals surface area contributed by atoms with E-state index in [2.05, 4.69) is 12.2 Å². The first-order chi connectivity index (χ1) is 11.8. The number of benzene rings is 1. The molecule has 1 aromatic carbocycles. The molecule has 0 unspecified atom stereocenters. The van der Waals surface area contributed by atoms with Crippen molar-refractivity contribution in [2.24, 2.45) is 0 Å². The number of thiophene rings is 1. The van der Waals surface area contributed by atoms with E-state index in [1.54, 1.807) is 0 Å². The quantitative estimate of drug-likeness (QED) is 0.715. The molecule has 1 heterocycles. The molecular formula is C18H19ClFNO3S. The van der Waals surface area contributed by atoms with Gasteiger partial charge in [0.1, 0.15) is 10.7 Å². The van der Waals surface area contributed by atoms with Gasteiger partial charge in [0.15, 0.2) is 6.10 Å². The Kier molecular flexibility index (Phi) is 6.56. The smallest absolute Gasteiger partial charge is 0.349 e. The Bertz CT molecular complexity index is 791. The van der Waals surface area contributed by atoms with Crippen LogP contribution in [0.15, 0.2) is 24.3 Å². The molecule has 4 nitrogen and oxygen atoms in total. The number of nitrogens with one attached hydrogen (secondary N) is 1. The minimum atomic E-state index is -1.01. The van der Waals surface area contributed by atoms with Crippen LogP contribution in [0.25, 0.3) is 0 Å². The van der Waals surface area contributed by atoms with Crippen LogP contribution < -0.4 is 5.32 Å². The maximum Gasteiger partial charge on any atom is 0.349 e. The minimum absolute atomic E-state index is 0.0740. The van der Waals surface area contributed by atoms with Crippen LogP contribution >= 0.6 is 22.9 Å². The molecule has 0 radical (unpaired) electrons. The molecule has 0 bridgehead atoms. The van der Waals surface area contributed by atoms with Gasteiger partial charge in [0, 0.05) is 4.88 Å². The molecule has 0 aliphatic rings. The highest BCUT2D eigenvalue weighted by atomic mass is 35.5. The summed E-state index contributed by atoms with van der Waals surface area (Å²) in [4.78, 5) is 25.9. The van der Waals surface area contributed by atoms with Crippen LogP contribution in [0.2, 0.25) is 5.02 Å². The molecule has 0 saturated heterocycles. The standard InChI is InChI=1S/C18H19ClFNO3S/c1-4-5-12-8-16(25-11(12)3)18(23)24-10(2)17(22)21-15-7-6-13(20)9-14(15)19/h6-10H,4-5H2,1-3H3,(H,21,22)/t10-/m1/s1. The molecule has 0 aliphatic heterocycles. The number of ether oxygens (including phenoxy) is 1. The Morgan fingerprint density at radius 2 is 2.08 bits per heavy atom. The number of anilines is 1. The third-order valence-corrected chi connectivity index (χ3v) is 4.97. The molecule has 0 fully saturated rings. The summed E-state index contributed by atoms with van der Waals surface area (Å²) < 4.78 is 18.3. The van der Waals surface area contributed by atoms with Gasteiger partial charge >= 0.3 is 5.97 Å². The lowest BCUT2D eigenvalue weighted by Crippen LogP contribution is -2.29. The van der Waals surface area contributed by atoms with E-state index in [4.69, 9.17) is 16.3 Å². The number of halogens is 2. The Hall–Kier alpha value is -1.92. The van der Waals surface area contributed by atoms with E-state index < -0.39 is 23.8 Å². The first-order valence-electron chi connectivity index (χ1n) is 7.88. The van der Waals surface area contributed by atoms with Gasteiger partial charge < -0.3 is 10.1 Å². The molecule has 2 aromatic rings. The summed E-state index contributed by atoms with van der Waals surface area (Å²) in [6, 6.07) is 5.44. The van der Waals surface area contributed by atoms with Crippen LogP contribution in [0.3, 0.4) is 0 Å². The van der Waals surface area contributed by atoms with Crippen molar-refractivity contribution in [3.05, 3.63) is 50.4 Å². The lowest BCUT2D eigenvalue weighted by atomic mass is 10.1. The molecule has 1 aromatic heterocycles. The maximum absolute atomic E-state index is 13.0. The van der Waals surface area contributed by atoms with E-state index in [-0.39, 0.29) is 10.7 Å². The molecule has 2 rings (SSSR count). The normalized spacial score (nSPS) is 11.9. The SMILES string of the molecule is CCCc1cc(C(=O)O[C@H](C)C(=O)Nc2ccc(F)cc2Cl)sc1C. The molecule has 1 atom stereocenters. The van der Waals surface area contributed by atoms with E-state index in [0.717, 1.165) is 29.3 Å². The fraction of sp³-hybridized carbons (Fsp3) is 0.333. The number of carbonyl (C=O) groups is 2. The van der Waals surface area contributed by atoms with Crippen LogP contribution in [0.4, 0.5) is 10.1 Å². The number of rotatable bonds is 6. The molecule has 0 saturated carbocycles. The second-order valence-electron chi connectivity index (χ2n) is 5.60. The number of carbonyl (C=O) groups excluding carboxylic acids is 2. The lowest BCUT2D eigenvalue weighted by Gasteiger charge is -2.13. The third kappa shape index (κ3) is 5.03. The summed E-state index contributed by atoms with van der Waals surface area (Å²) in [5, 5.41) is 2.59. The van der Waals surface area contributed by atoms with Gasteiger partial charge in [-0.05, 0) is 50.1 Å². The predicted molar refractivity (Wildman–Crippen MR) is 98.0 cm³/mol. The van der Waals surface area contributed by atoms with Crippen LogP contribution in [0.5, 0.6) is 0 Å². The van der Waals surface area contributed by atoms with Gasteiger partial charge in [-0.25, -0.2) is 9.18 Å². The number of hydrogen-bond donors (Lipinski definition) is 1. The Balaban J connectivity index is 2.00. The monoisotopic (exact) mass is 383 g/mol. The van der Waals surface area contributed by atoms with Gasteiger partial charge in [0.05, 0.1) is 10.7 Å². The van der Waals surface area contributed by atoms with Crippen molar-refractivity contribution >= 4 is 40.5 Å². The molecule has 7 heteroatoms. The highest BCUT2D eigenvalue weighted by molar-refractivity contribution is 7.14. The first kappa shape index (κ1) is 19.4. The van der Waals surface area contributed by atoms with Crippen molar-refractivity contribution in [1.29, 1.82) is 0 Å². The van der Waals surface area contributed by atoms with Gasteiger partial charge in [-0.3, -0.25) is 4.79 Å². The molecule has 1 N–H and O–H groups in total. The van der Waals surface area contributed by atoms with E-state index >= 15 is 0 Å². The molecule has 134 valence electrons. The summed E-state index contributed by atoms with van der Waals surface area (Å²) in [7, 11) is 0. The molecular weight excluding hydrogens is 365 g/mol. The van der Waals surface area contributed by atoms with Crippen LogP contribution in [0.1, 0.15) is 40.4 Å². The molecule has 25 heavy (non-hydrogen) atoms. The van der Waals surface area contributed by atoms with Gasteiger partial charge in [0.2, 0.25) is 0 Å². The maximum atomic E-state index is 13.0. The van der Waals surface area contributed by atoms with Crippen molar-refractivity contribution in [1.82, 2.24) is 0 Å². The summed E-state index contributed by atoms with van der Waals surface area (Å²) in [5.41, 5.74) is 1.38. The van der Waals surface area contributed by atoms with Crippen molar-refractivity contribution < 1.29 is 18.7 Å². The third-order valence-electron chi connectivity index (χ3n) is 3.58. The number of esters is 1. The van der Waals surface area contributed by atoms with E-state index in [1.807, 2.05) is 13.0 Å². The Morgan fingerprint density at radius 3 is 2.72 bits per heavy atom. The number of aryl methyl sites for hydroxylation is 2. The highest BCUT2D eigenvalue weighted by Crippen LogP contribution is 2.25. The average molecular weight is 384 g/mol. The molecule has 1 amide bonds. The second kappa shape index (κ2) is 8.45. The topological polar surface area (TPSA) is 55.4 Å². The zero-order chi connectivity index (χ0) is 18.6. The van der Waals surface area contributed by atoms with Crippen molar-refractivity contribution in [3.8, 4) is 0 Å². The van der Waals surface area contributed by atoms with Crippen molar-refractivity contribution in [2.45, 2.75) is 39.7 Å². The Morgan fingerprint density at radius 1 is 1.36 bits per heavy atom. The van der Waals surface area contributed by atoms with Gasteiger partial charge in [-0.1, -0.05) is 24.9 Å². The summed E-state index contributed by atoms with van der Waals surface area (Å²) in [6.45, 7) is 5.50. The largest absolute Gasteiger partial charge is 0.448 e. The number of hydrogen-bond acceptors (Lipinski definition) is 4. The van der Waals surface area contributed by atoms with Gasteiger partial charge in [-0.2, -0.15) is 0 Å². The summed E-state index contributed by atoms with van der Waals surface area (Å²) in [5.74, 6) is -1.58. The fourth-order valence-corrected chi connectivity index (χ4v) is 3.40. The second-order valence-corrected chi connectivity index (χ2v) is 7.27. The van der Waals surface area contributed by atoms with Gasteiger partial charge in [0.25, 0.3) is 5.91 Å². The van der Waals surface area contributed by atoms with Crippen molar-refractivity contribution in [3.63, 3.8) is 0 Å². The van der Waals surface area contributed by atoms with E-state index in [0.29, 0.717) is 4.88 Å². The minimum Gasteiger partial charge on any atom is -0.448 e. The van der Waals surface area contributed by atoms with Gasteiger partial charge in [-0.15, -0.1) is 11.3 Å². The lowest BCUT2D eigenvalue weighted by molar-refractivity contribution is -0.123. The number of amides is 1. The van der Waals surface area contributed by atoms with Crippen LogP contribution in [0, 0.1) is 12.7 Å². The predicted octanol–water partition coefficient (Wildman–Crippen LogP) is 4.99. The van der Waals surface area contributed by atoms with Crippen molar-refractivity contribution in [2.75, 3.05) is 5.32 Å². The zero-order valence-corrected chi connectivity index (χ0v) is 15.8. The van der Waals surface area contributed by atoms with E-state index in [1.165, 1.54) is 30.4 Å². The highest BCUT2D eigenvalue weighted by Gasteiger charge is 2.21. The molecule has 0 spiro atoms.